The Morgan fingerprint density at radius 1 is 1.13 bits per heavy atom. The van der Waals surface area contributed by atoms with Crippen LogP contribution in [0, 0.1) is 15.5 Å². The maximum absolute atomic E-state index is 13.6. The number of aromatic amines is 1. The van der Waals surface area contributed by atoms with E-state index in [1.807, 2.05) is 0 Å². The summed E-state index contributed by atoms with van der Waals surface area (Å²) >= 11 is 0. The number of nitro benzene ring substituents is 1. The lowest BCUT2D eigenvalue weighted by Crippen LogP contribution is -2.50. The summed E-state index contributed by atoms with van der Waals surface area (Å²) in [6.45, 7) is 0.628. The van der Waals surface area contributed by atoms with Crippen molar-refractivity contribution >= 4 is 29.3 Å². The predicted octanol–water partition coefficient (Wildman–Crippen LogP) is 1.76. The number of nitrogens with zero attached hydrogens (tertiary/aromatic N) is 2. The minimum Gasteiger partial charge on any atom is -0.481 e. The average molecular weight is 519 g/mol. The molecule has 0 aliphatic carbocycles. The van der Waals surface area contributed by atoms with E-state index in [-0.39, 0.29) is 42.4 Å². The third kappa shape index (κ3) is 6.03. The van der Waals surface area contributed by atoms with Gasteiger partial charge in [0.2, 0.25) is 5.91 Å². The molecule has 0 radical (unpaired) electrons. The Bertz CT molecular complexity index is 1400. The molecule has 0 spiro atoms. The maximum atomic E-state index is 13.6. The van der Waals surface area contributed by atoms with Crippen molar-refractivity contribution < 1.29 is 24.4 Å². The van der Waals surface area contributed by atoms with Crippen LogP contribution in [0.3, 0.4) is 0 Å². The van der Waals surface area contributed by atoms with Crippen molar-refractivity contribution in [1.29, 1.82) is 5.41 Å². The Balaban J connectivity index is 1.55. The van der Waals surface area contributed by atoms with Crippen molar-refractivity contribution in [1.82, 2.24) is 15.2 Å². The maximum Gasteiger partial charge on any atom is 0.309 e. The third-order valence-corrected chi connectivity index (χ3v) is 6.34. The Hall–Kier alpha value is -5.00. The van der Waals surface area contributed by atoms with Crippen LogP contribution in [-0.2, 0) is 35.4 Å². The number of fused-ring (bicyclic) bond motifs is 1. The van der Waals surface area contributed by atoms with Crippen LogP contribution in [-0.4, -0.2) is 56.1 Å². The summed E-state index contributed by atoms with van der Waals surface area (Å²) in [5.41, 5.74) is 9.02. The van der Waals surface area contributed by atoms with E-state index in [9.17, 15) is 24.5 Å². The molecule has 196 valence electrons. The Morgan fingerprint density at radius 2 is 1.79 bits per heavy atom. The molecule has 2 heterocycles. The number of aromatic nitrogens is 1. The van der Waals surface area contributed by atoms with Crippen molar-refractivity contribution in [2.24, 2.45) is 5.73 Å². The molecule has 1 aliphatic rings. The van der Waals surface area contributed by atoms with Gasteiger partial charge in [0, 0.05) is 60.6 Å². The van der Waals surface area contributed by atoms with E-state index >= 15 is 0 Å². The number of H-pyrrole nitrogens is 1. The number of rotatable bonds is 9. The molecule has 12 nitrogen and oxygen atoms in total. The summed E-state index contributed by atoms with van der Waals surface area (Å²) in [4.78, 5) is 53.0. The second kappa shape index (κ2) is 10.9. The lowest BCUT2D eigenvalue weighted by atomic mass is 10.0. The van der Waals surface area contributed by atoms with E-state index in [1.54, 1.807) is 23.1 Å². The molecule has 0 saturated carbocycles. The molecule has 2 amide bonds. The Labute approximate surface area is 217 Å². The molecule has 1 aromatic heterocycles. The zero-order chi connectivity index (χ0) is 27.4. The number of nitrogens with one attached hydrogen (secondary N) is 3. The number of nitrogen functional groups attached to an aromatic ring is 1. The standard InChI is InChI=1S/C26H26N6O6/c27-24(28)16-3-5-17(6-4-16)25(35)30-22(11-15-1-7-20(8-2-15)32(37)38)26(36)31-10-9-21-18(14-31)12-19(29-21)13-23(33)34/h1-8,12,22,29H,9-11,13-14H2,(H3,27,28)(H,30,35)(H,33,34)/t22-/m0/s1. The van der Waals surface area contributed by atoms with E-state index in [1.165, 1.54) is 36.4 Å². The number of amidine groups is 1. The number of carbonyl (C=O) groups excluding carboxylic acids is 2. The van der Waals surface area contributed by atoms with Crippen LogP contribution in [0.25, 0.3) is 0 Å². The van der Waals surface area contributed by atoms with Crippen molar-refractivity contribution in [3.05, 3.63) is 98.4 Å². The molecule has 12 heteroatoms. The number of benzene rings is 2. The van der Waals surface area contributed by atoms with Gasteiger partial charge in [0.05, 0.1) is 11.3 Å². The first-order valence-corrected chi connectivity index (χ1v) is 11.8. The van der Waals surface area contributed by atoms with Gasteiger partial charge in [-0.1, -0.05) is 24.3 Å². The fourth-order valence-electron chi connectivity index (χ4n) is 4.40. The molecule has 0 unspecified atom stereocenters. The zero-order valence-corrected chi connectivity index (χ0v) is 20.3. The van der Waals surface area contributed by atoms with E-state index in [0.29, 0.717) is 29.8 Å². The van der Waals surface area contributed by atoms with Crippen molar-refractivity contribution in [3.63, 3.8) is 0 Å². The number of nitro groups is 1. The summed E-state index contributed by atoms with van der Waals surface area (Å²) in [5.74, 6) is -1.92. The first-order valence-electron chi connectivity index (χ1n) is 11.8. The van der Waals surface area contributed by atoms with Crippen LogP contribution in [0.15, 0.2) is 54.6 Å². The first-order chi connectivity index (χ1) is 18.1. The summed E-state index contributed by atoms with van der Waals surface area (Å²) in [5, 5.41) is 30.4. The number of carboxylic acids is 1. The molecule has 1 aliphatic heterocycles. The Morgan fingerprint density at radius 3 is 2.39 bits per heavy atom. The van der Waals surface area contributed by atoms with Crippen molar-refractivity contribution in [3.8, 4) is 0 Å². The number of amides is 2. The Kier molecular flexibility index (Phi) is 7.51. The molecular weight excluding hydrogens is 492 g/mol. The lowest BCUT2D eigenvalue weighted by Gasteiger charge is -2.31. The van der Waals surface area contributed by atoms with Crippen LogP contribution in [0.1, 0.15) is 38.4 Å². The molecule has 0 saturated heterocycles. The highest BCUT2D eigenvalue weighted by atomic mass is 16.6. The summed E-state index contributed by atoms with van der Waals surface area (Å²) in [6, 6.07) is 12.7. The van der Waals surface area contributed by atoms with Gasteiger partial charge in [-0.3, -0.25) is 29.9 Å². The zero-order valence-electron chi connectivity index (χ0n) is 20.3. The summed E-state index contributed by atoms with van der Waals surface area (Å²) in [7, 11) is 0. The molecule has 3 aromatic rings. The van der Waals surface area contributed by atoms with E-state index < -0.39 is 22.8 Å². The van der Waals surface area contributed by atoms with Crippen molar-refractivity contribution in [2.45, 2.75) is 31.8 Å². The van der Waals surface area contributed by atoms with E-state index in [2.05, 4.69) is 10.3 Å². The third-order valence-electron chi connectivity index (χ3n) is 6.34. The number of aliphatic carboxylic acids is 1. The van der Waals surface area contributed by atoms with Crippen LogP contribution in [0.4, 0.5) is 5.69 Å². The second-order valence-electron chi connectivity index (χ2n) is 9.02. The van der Waals surface area contributed by atoms with Gasteiger partial charge in [-0.15, -0.1) is 0 Å². The van der Waals surface area contributed by atoms with Crippen LogP contribution in [0.2, 0.25) is 0 Å². The van der Waals surface area contributed by atoms with Crippen LogP contribution in [0.5, 0.6) is 0 Å². The SMILES string of the molecule is N=C(N)c1ccc(C(=O)N[C@@H](Cc2ccc([N+](=O)[O-])cc2)C(=O)N2CCc3[nH]c(CC(=O)O)cc3C2)cc1. The molecule has 1 atom stereocenters. The number of carboxylic acid groups (broad SMARTS) is 1. The first kappa shape index (κ1) is 26.1. The van der Waals surface area contributed by atoms with E-state index in [0.717, 1.165) is 11.3 Å². The van der Waals surface area contributed by atoms with Gasteiger partial charge in [-0.2, -0.15) is 0 Å². The van der Waals surface area contributed by atoms with Gasteiger partial charge in [0.15, 0.2) is 0 Å². The second-order valence-corrected chi connectivity index (χ2v) is 9.02. The molecular formula is C26H26N6O6. The number of hydrogen-bond donors (Lipinski definition) is 5. The molecule has 6 N–H and O–H groups in total. The number of hydrogen-bond acceptors (Lipinski definition) is 6. The van der Waals surface area contributed by atoms with Crippen LogP contribution >= 0.6 is 0 Å². The minimum atomic E-state index is -0.963. The quantitative estimate of drug-likeness (QED) is 0.123. The lowest BCUT2D eigenvalue weighted by molar-refractivity contribution is -0.384. The fourth-order valence-corrected chi connectivity index (χ4v) is 4.40. The molecule has 0 bridgehead atoms. The highest BCUT2D eigenvalue weighted by Crippen LogP contribution is 2.22. The van der Waals surface area contributed by atoms with Gasteiger partial charge in [0.25, 0.3) is 11.6 Å². The molecule has 2 aromatic carbocycles. The summed E-state index contributed by atoms with van der Waals surface area (Å²) < 4.78 is 0. The molecule has 0 fully saturated rings. The number of nitrogens with two attached hydrogens (primary N) is 1. The minimum absolute atomic E-state index is 0.0839. The molecule has 4 rings (SSSR count). The monoisotopic (exact) mass is 518 g/mol. The van der Waals surface area contributed by atoms with Crippen LogP contribution < -0.4 is 11.1 Å². The van der Waals surface area contributed by atoms with Gasteiger partial charge in [-0.25, -0.2) is 0 Å². The smallest absolute Gasteiger partial charge is 0.309 e. The van der Waals surface area contributed by atoms with Gasteiger partial charge in [-0.05, 0) is 29.3 Å². The predicted molar refractivity (Wildman–Crippen MR) is 137 cm³/mol. The van der Waals surface area contributed by atoms with Gasteiger partial charge >= 0.3 is 5.97 Å². The average Bonchev–Trinajstić information content (AvgIpc) is 3.29. The largest absolute Gasteiger partial charge is 0.481 e. The topological polar surface area (TPSA) is 196 Å². The van der Waals surface area contributed by atoms with Gasteiger partial charge < -0.3 is 26.0 Å². The van der Waals surface area contributed by atoms with Gasteiger partial charge in [0.1, 0.15) is 11.9 Å². The number of carbonyl (C=O) groups is 3. The highest BCUT2D eigenvalue weighted by Gasteiger charge is 2.30. The molecule has 38 heavy (non-hydrogen) atoms. The normalized spacial score (nSPS) is 13.3. The highest BCUT2D eigenvalue weighted by molar-refractivity contribution is 5.99. The number of non-ortho nitro benzene ring substituents is 1. The van der Waals surface area contributed by atoms with E-state index in [4.69, 9.17) is 16.2 Å². The summed E-state index contributed by atoms with van der Waals surface area (Å²) in [6.07, 6.45) is 0.461. The fraction of sp³-hybridized carbons (Fsp3) is 0.231. The van der Waals surface area contributed by atoms with Crippen molar-refractivity contribution in [2.75, 3.05) is 6.54 Å².